The van der Waals surface area contributed by atoms with Crippen LogP contribution in [0, 0.1) is 0 Å². The molecule has 3 nitrogen and oxygen atoms in total. The zero-order valence-corrected chi connectivity index (χ0v) is 13.5. The van der Waals surface area contributed by atoms with Gasteiger partial charge in [0.15, 0.2) is 0 Å². The molecule has 0 fully saturated rings. The van der Waals surface area contributed by atoms with Gasteiger partial charge < -0.3 is 9.47 Å². The molecule has 0 aliphatic carbocycles. The number of carbonyl (C=O) groups excluding carboxylic acids is 1. The largest absolute Gasteiger partial charge is 0.487 e. The Hall–Kier alpha value is -2.00. The van der Waals surface area contributed by atoms with Crippen LogP contribution < -0.4 is 9.47 Å². The smallest absolute Gasteiger partial charge is 0.310 e. The molecule has 0 spiro atoms. The highest BCUT2D eigenvalue weighted by atomic mass is 35.5. The molecule has 0 aliphatic heterocycles. The maximum Gasteiger partial charge on any atom is 0.310 e. The van der Waals surface area contributed by atoms with E-state index in [2.05, 4.69) is 6.92 Å². The van der Waals surface area contributed by atoms with Crippen molar-refractivity contribution in [1.29, 1.82) is 0 Å². The number of carbonyl (C=O) groups is 1. The van der Waals surface area contributed by atoms with Crippen LogP contribution in [0.3, 0.4) is 0 Å². The quantitative estimate of drug-likeness (QED) is 0.567. The number of para-hydroxylation sites is 1. The predicted molar refractivity (Wildman–Crippen MR) is 87.5 cm³/mol. The van der Waals surface area contributed by atoms with Gasteiger partial charge in [-0.3, -0.25) is 4.79 Å². The van der Waals surface area contributed by atoms with Crippen molar-refractivity contribution in [3.8, 4) is 11.5 Å². The van der Waals surface area contributed by atoms with E-state index >= 15 is 0 Å². The van der Waals surface area contributed by atoms with Crippen molar-refractivity contribution in [3.05, 3.63) is 58.6 Å². The number of hydrogen-bond donors (Lipinski definition) is 0. The van der Waals surface area contributed by atoms with E-state index in [0.29, 0.717) is 29.5 Å². The fraction of sp³-hybridized carbons (Fsp3) is 0.278. The lowest BCUT2D eigenvalue weighted by atomic mass is 10.1. The first-order chi connectivity index (χ1) is 10.6. The minimum Gasteiger partial charge on any atom is -0.487 e. The molecule has 0 saturated carbocycles. The molecule has 0 amide bonds. The fourth-order valence-electron chi connectivity index (χ4n) is 1.95. The van der Waals surface area contributed by atoms with Gasteiger partial charge in [-0.15, -0.1) is 0 Å². The summed E-state index contributed by atoms with van der Waals surface area (Å²) < 4.78 is 11.1. The van der Waals surface area contributed by atoms with Crippen molar-refractivity contribution in [2.45, 2.75) is 33.3 Å². The lowest BCUT2D eigenvalue weighted by Gasteiger charge is -2.12. The molecule has 2 rings (SSSR count). The molecule has 0 radical (unpaired) electrons. The summed E-state index contributed by atoms with van der Waals surface area (Å²) in [6.07, 6.45) is 1.26. The van der Waals surface area contributed by atoms with Gasteiger partial charge in [-0.2, -0.15) is 0 Å². The molecule has 0 saturated heterocycles. The van der Waals surface area contributed by atoms with Crippen molar-refractivity contribution < 1.29 is 14.3 Å². The Morgan fingerprint density at radius 2 is 1.86 bits per heavy atom. The Morgan fingerprint density at radius 1 is 1.09 bits per heavy atom. The Labute approximate surface area is 135 Å². The van der Waals surface area contributed by atoms with E-state index in [4.69, 9.17) is 21.1 Å². The first kappa shape index (κ1) is 16.4. The molecule has 0 unspecified atom stereocenters. The number of esters is 1. The van der Waals surface area contributed by atoms with Gasteiger partial charge in [-0.05, 0) is 30.2 Å². The maximum absolute atomic E-state index is 11.4. The maximum atomic E-state index is 11.4. The van der Waals surface area contributed by atoms with Gasteiger partial charge >= 0.3 is 5.97 Å². The average Bonchev–Trinajstić information content (AvgIpc) is 2.54. The van der Waals surface area contributed by atoms with E-state index in [1.165, 1.54) is 0 Å². The zero-order valence-electron chi connectivity index (χ0n) is 12.8. The third-order valence-electron chi connectivity index (χ3n) is 3.27. The summed E-state index contributed by atoms with van der Waals surface area (Å²) in [5, 5.41) is 0.586. The normalized spacial score (nSPS) is 10.3. The summed E-state index contributed by atoms with van der Waals surface area (Å²) in [5.41, 5.74) is 1.97. The number of aryl methyl sites for hydroxylation is 1. The van der Waals surface area contributed by atoms with Gasteiger partial charge in [0.25, 0.3) is 0 Å². The van der Waals surface area contributed by atoms with E-state index in [-0.39, 0.29) is 5.97 Å². The van der Waals surface area contributed by atoms with Crippen molar-refractivity contribution in [2.24, 2.45) is 0 Å². The van der Waals surface area contributed by atoms with E-state index in [0.717, 1.165) is 17.5 Å². The van der Waals surface area contributed by atoms with Crippen molar-refractivity contribution in [2.75, 3.05) is 0 Å². The topological polar surface area (TPSA) is 35.5 Å². The number of benzene rings is 2. The highest BCUT2D eigenvalue weighted by Gasteiger charge is 2.09. The predicted octanol–water partition coefficient (Wildman–Crippen LogP) is 4.80. The van der Waals surface area contributed by atoms with Crippen LogP contribution in [-0.2, 0) is 17.8 Å². The van der Waals surface area contributed by atoms with Crippen molar-refractivity contribution in [3.63, 3.8) is 0 Å². The molecule has 0 aromatic heterocycles. The molecular weight excluding hydrogens is 300 g/mol. The lowest BCUT2D eigenvalue weighted by molar-refractivity contribution is -0.134. The summed E-state index contributed by atoms with van der Waals surface area (Å²) in [4.78, 5) is 11.4. The molecule has 2 aromatic rings. The van der Waals surface area contributed by atoms with E-state index < -0.39 is 0 Å². The van der Waals surface area contributed by atoms with Gasteiger partial charge in [0.05, 0.1) is 5.02 Å². The second-order valence-corrected chi connectivity index (χ2v) is 5.25. The number of halogens is 1. The van der Waals surface area contributed by atoms with Crippen molar-refractivity contribution in [1.82, 2.24) is 0 Å². The summed E-state index contributed by atoms with van der Waals surface area (Å²) in [7, 11) is 0. The van der Waals surface area contributed by atoms with E-state index in [9.17, 15) is 4.79 Å². The van der Waals surface area contributed by atoms with Crippen LogP contribution in [0.15, 0.2) is 42.5 Å². The summed E-state index contributed by atoms with van der Waals surface area (Å²) >= 11 is 6.21. The van der Waals surface area contributed by atoms with Gasteiger partial charge in [-0.1, -0.05) is 49.7 Å². The van der Waals surface area contributed by atoms with E-state index in [1.807, 2.05) is 36.4 Å². The molecule has 0 heterocycles. The highest BCUT2D eigenvalue weighted by Crippen LogP contribution is 2.28. The number of hydrogen-bond acceptors (Lipinski definition) is 3. The molecule has 2 aromatic carbocycles. The highest BCUT2D eigenvalue weighted by molar-refractivity contribution is 6.32. The average molecular weight is 319 g/mol. The van der Waals surface area contributed by atoms with Gasteiger partial charge in [0, 0.05) is 12.0 Å². The Kier molecular flexibility index (Phi) is 5.84. The van der Waals surface area contributed by atoms with Crippen LogP contribution in [0.5, 0.6) is 11.5 Å². The Balaban J connectivity index is 2.10. The molecule has 0 N–H and O–H groups in total. The number of rotatable bonds is 6. The zero-order chi connectivity index (χ0) is 15.9. The Morgan fingerprint density at radius 3 is 2.55 bits per heavy atom. The van der Waals surface area contributed by atoms with Crippen LogP contribution in [-0.4, -0.2) is 5.97 Å². The summed E-state index contributed by atoms with van der Waals surface area (Å²) in [5.74, 6) is 0.879. The molecule has 116 valence electrons. The standard InChI is InChI=1S/C18H19ClO3/c1-3-13-9-10-17(15(19)11-13)21-12-14-7-5-6-8-16(14)22-18(20)4-2/h5-11H,3-4,12H2,1-2H3. The minimum absolute atomic E-state index is 0.266. The molecule has 4 heteroatoms. The lowest BCUT2D eigenvalue weighted by Crippen LogP contribution is -2.08. The molecule has 22 heavy (non-hydrogen) atoms. The fourth-order valence-corrected chi connectivity index (χ4v) is 2.21. The minimum atomic E-state index is -0.266. The summed E-state index contributed by atoms with van der Waals surface area (Å²) in [6, 6.07) is 13.1. The molecule has 0 aliphatic rings. The third kappa shape index (κ3) is 4.25. The van der Waals surface area contributed by atoms with Crippen molar-refractivity contribution >= 4 is 17.6 Å². The van der Waals surface area contributed by atoms with Crippen LogP contribution in [0.4, 0.5) is 0 Å². The van der Waals surface area contributed by atoms with Gasteiger partial charge in [0.2, 0.25) is 0 Å². The molecule has 0 bridgehead atoms. The molecular formula is C18H19ClO3. The van der Waals surface area contributed by atoms with E-state index in [1.54, 1.807) is 13.0 Å². The third-order valence-corrected chi connectivity index (χ3v) is 3.57. The first-order valence-corrected chi connectivity index (χ1v) is 7.71. The first-order valence-electron chi connectivity index (χ1n) is 7.33. The molecule has 0 atom stereocenters. The van der Waals surface area contributed by atoms with Crippen LogP contribution >= 0.6 is 11.6 Å². The SMILES string of the molecule is CCC(=O)Oc1ccccc1COc1ccc(CC)cc1Cl. The van der Waals surface area contributed by atoms with Crippen LogP contribution in [0.1, 0.15) is 31.4 Å². The van der Waals surface area contributed by atoms with Gasteiger partial charge in [-0.25, -0.2) is 0 Å². The van der Waals surface area contributed by atoms with Gasteiger partial charge in [0.1, 0.15) is 18.1 Å². The van der Waals surface area contributed by atoms with Crippen LogP contribution in [0.25, 0.3) is 0 Å². The Bertz CT molecular complexity index is 653. The second kappa shape index (κ2) is 7.85. The van der Waals surface area contributed by atoms with Crippen LogP contribution in [0.2, 0.25) is 5.02 Å². The monoisotopic (exact) mass is 318 g/mol. The number of ether oxygens (including phenoxy) is 2. The summed E-state index contributed by atoms with van der Waals surface area (Å²) in [6.45, 7) is 4.12. The second-order valence-electron chi connectivity index (χ2n) is 4.84.